The highest BCUT2D eigenvalue weighted by atomic mass is 32.1. The third-order valence-electron chi connectivity index (χ3n) is 4.68. The molecule has 4 heterocycles. The molecule has 0 radical (unpaired) electrons. The molecule has 5 nitrogen and oxygen atoms in total. The topological polar surface area (TPSA) is 41.5 Å². The lowest BCUT2D eigenvalue weighted by Gasteiger charge is -2.36. The fourth-order valence-electron chi connectivity index (χ4n) is 3.62. The van der Waals surface area contributed by atoms with Crippen molar-refractivity contribution in [3.63, 3.8) is 0 Å². The molecule has 0 aliphatic carbocycles. The number of hydrogen-bond donors (Lipinski definition) is 0. The zero-order valence-electron chi connectivity index (χ0n) is 13.4. The third kappa shape index (κ3) is 3.54. The first kappa shape index (κ1) is 15.1. The minimum Gasteiger partial charge on any atom is -0.486 e. The van der Waals surface area contributed by atoms with Crippen LogP contribution in [0.4, 0.5) is 0 Å². The number of nitrogens with zero attached hydrogens (tertiary/aromatic N) is 4. The van der Waals surface area contributed by atoms with Crippen LogP contribution in [0.5, 0.6) is 5.75 Å². The predicted octanol–water partition coefficient (Wildman–Crippen LogP) is 2.18. The molecule has 2 aliphatic rings. The number of rotatable bonds is 4. The van der Waals surface area contributed by atoms with Crippen LogP contribution >= 0.6 is 11.3 Å². The minimum atomic E-state index is 0.259. The Balaban J connectivity index is 1.33. The largest absolute Gasteiger partial charge is 0.486 e. The molecule has 0 amide bonds. The summed E-state index contributed by atoms with van der Waals surface area (Å²) in [5.41, 5.74) is 0. The molecule has 6 heteroatoms. The molecule has 2 fully saturated rings. The summed E-state index contributed by atoms with van der Waals surface area (Å²) in [4.78, 5) is 16.1. The van der Waals surface area contributed by atoms with E-state index in [2.05, 4.69) is 38.8 Å². The van der Waals surface area contributed by atoms with Crippen LogP contribution in [-0.4, -0.2) is 58.1 Å². The average Bonchev–Trinajstić information content (AvgIpc) is 3.13. The zero-order chi connectivity index (χ0) is 15.6. The number of piperazine rings is 1. The number of aryl methyl sites for hydroxylation is 1. The second-order valence-corrected chi connectivity index (χ2v) is 7.82. The molecule has 23 heavy (non-hydrogen) atoms. The summed E-state index contributed by atoms with van der Waals surface area (Å²) < 4.78 is 6.04. The highest BCUT2D eigenvalue weighted by Crippen LogP contribution is 2.27. The fourth-order valence-corrected chi connectivity index (χ4v) is 4.55. The first-order valence-corrected chi connectivity index (χ1v) is 9.01. The van der Waals surface area contributed by atoms with Gasteiger partial charge in [0.25, 0.3) is 0 Å². The lowest BCUT2D eigenvalue weighted by Crippen LogP contribution is -2.49. The van der Waals surface area contributed by atoms with Crippen LogP contribution < -0.4 is 4.74 Å². The van der Waals surface area contributed by atoms with E-state index in [1.165, 1.54) is 16.1 Å². The second kappa shape index (κ2) is 6.55. The molecule has 0 unspecified atom stereocenters. The highest BCUT2D eigenvalue weighted by Gasteiger charge is 2.37. The van der Waals surface area contributed by atoms with Gasteiger partial charge in [0.15, 0.2) is 5.75 Å². The molecule has 2 aliphatic heterocycles. The summed E-state index contributed by atoms with van der Waals surface area (Å²) in [6.45, 7) is 7.71. The van der Waals surface area contributed by atoms with Gasteiger partial charge in [-0.25, -0.2) is 9.97 Å². The summed E-state index contributed by atoms with van der Waals surface area (Å²) in [6, 6.07) is 5.10. The molecule has 0 spiro atoms. The number of fused-ring (bicyclic) bond motifs is 1. The normalized spacial score (nSPS) is 25.4. The highest BCUT2D eigenvalue weighted by molar-refractivity contribution is 7.11. The van der Waals surface area contributed by atoms with Gasteiger partial charge in [-0.1, -0.05) is 0 Å². The molecule has 122 valence electrons. The smallest absolute Gasteiger partial charge is 0.156 e. The van der Waals surface area contributed by atoms with Gasteiger partial charge in [0.1, 0.15) is 12.4 Å². The maximum absolute atomic E-state index is 6.04. The van der Waals surface area contributed by atoms with Gasteiger partial charge in [0, 0.05) is 54.9 Å². The molecule has 0 saturated carbocycles. The van der Waals surface area contributed by atoms with Crippen LogP contribution in [0.1, 0.15) is 16.2 Å². The van der Waals surface area contributed by atoms with Crippen molar-refractivity contribution in [3.05, 3.63) is 40.6 Å². The van der Waals surface area contributed by atoms with E-state index >= 15 is 0 Å². The lowest BCUT2D eigenvalue weighted by atomic mass is 10.1. The Morgan fingerprint density at radius 2 is 2.09 bits per heavy atom. The average molecular weight is 330 g/mol. The van der Waals surface area contributed by atoms with Crippen molar-refractivity contribution in [1.29, 1.82) is 0 Å². The van der Waals surface area contributed by atoms with Crippen LogP contribution in [0.25, 0.3) is 0 Å². The quantitative estimate of drug-likeness (QED) is 0.859. The van der Waals surface area contributed by atoms with Crippen molar-refractivity contribution in [1.82, 2.24) is 19.8 Å². The number of hydrogen-bond acceptors (Lipinski definition) is 6. The van der Waals surface area contributed by atoms with Crippen molar-refractivity contribution in [3.8, 4) is 5.75 Å². The molecule has 2 aromatic heterocycles. The summed E-state index contributed by atoms with van der Waals surface area (Å²) in [7, 11) is 0. The fraction of sp³-hybridized carbons (Fsp3) is 0.529. The predicted molar refractivity (Wildman–Crippen MR) is 90.8 cm³/mol. The number of thiophene rings is 1. The van der Waals surface area contributed by atoms with Gasteiger partial charge >= 0.3 is 0 Å². The number of aromatic nitrogens is 2. The maximum atomic E-state index is 6.04. The first-order chi connectivity index (χ1) is 11.3. The SMILES string of the molecule is Cc1ccc(CN2CCN3C[C@@H](Oc4cncnc4)C[C@@H]3C2)s1. The maximum Gasteiger partial charge on any atom is 0.156 e. The van der Waals surface area contributed by atoms with E-state index in [1.54, 1.807) is 12.4 Å². The van der Waals surface area contributed by atoms with Crippen molar-refractivity contribution in [2.75, 3.05) is 26.2 Å². The Bertz CT molecular complexity index is 647. The molecule has 0 aromatic carbocycles. The minimum absolute atomic E-state index is 0.259. The van der Waals surface area contributed by atoms with E-state index in [0.29, 0.717) is 6.04 Å². The van der Waals surface area contributed by atoms with Crippen LogP contribution in [0.2, 0.25) is 0 Å². The Kier molecular flexibility index (Phi) is 4.29. The molecule has 4 rings (SSSR count). The van der Waals surface area contributed by atoms with Crippen molar-refractivity contribution < 1.29 is 4.74 Å². The zero-order valence-corrected chi connectivity index (χ0v) is 14.2. The number of ether oxygens (including phenoxy) is 1. The summed E-state index contributed by atoms with van der Waals surface area (Å²) >= 11 is 1.92. The molecular weight excluding hydrogens is 308 g/mol. The Labute approximate surface area is 140 Å². The molecule has 2 saturated heterocycles. The van der Waals surface area contributed by atoms with Crippen LogP contribution in [0.3, 0.4) is 0 Å². The standard InChI is InChI=1S/C17H22N4OS/c1-13-2-3-17(23-13)11-20-4-5-21-10-15(6-14(21)9-20)22-16-7-18-12-19-8-16/h2-3,7-8,12,14-15H,4-6,9-11H2,1H3/t14-,15+/m1/s1. The van der Waals surface area contributed by atoms with Gasteiger partial charge in [-0.15, -0.1) is 11.3 Å². The molecule has 2 aromatic rings. The van der Waals surface area contributed by atoms with Gasteiger partial charge in [0.2, 0.25) is 0 Å². The van der Waals surface area contributed by atoms with Crippen LogP contribution in [0.15, 0.2) is 30.9 Å². The van der Waals surface area contributed by atoms with E-state index in [0.717, 1.165) is 44.9 Å². The summed E-state index contributed by atoms with van der Waals surface area (Å²) in [5, 5.41) is 0. The van der Waals surface area contributed by atoms with Crippen molar-refractivity contribution in [2.45, 2.75) is 32.0 Å². The van der Waals surface area contributed by atoms with Gasteiger partial charge in [-0.2, -0.15) is 0 Å². The van der Waals surface area contributed by atoms with Gasteiger partial charge in [-0.3, -0.25) is 9.80 Å². The molecule has 0 bridgehead atoms. The van der Waals surface area contributed by atoms with Crippen LogP contribution in [-0.2, 0) is 6.54 Å². The molecule has 2 atom stereocenters. The molecule has 0 N–H and O–H groups in total. The van der Waals surface area contributed by atoms with E-state index in [4.69, 9.17) is 4.74 Å². The summed E-state index contributed by atoms with van der Waals surface area (Å²) in [5.74, 6) is 0.781. The van der Waals surface area contributed by atoms with Gasteiger partial charge in [-0.05, 0) is 19.1 Å². The summed E-state index contributed by atoms with van der Waals surface area (Å²) in [6.07, 6.45) is 6.38. The van der Waals surface area contributed by atoms with E-state index in [-0.39, 0.29) is 6.10 Å². The Morgan fingerprint density at radius 1 is 1.22 bits per heavy atom. The monoisotopic (exact) mass is 330 g/mol. The Hall–Kier alpha value is -1.50. The molecular formula is C17H22N4OS. The second-order valence-electron chi connectivity index (χ2n) is 6.45. The van der Waals surface area contributed by atoms with Gasteiger partial charge in [0.05, 0.1) is 12.4 Å². The Morgan fingerprint density at radius 3 is 2.87 bits per heavy atom. The van der Waals surface area contributed by atoms with E-state index in [9.17, 15) is 0 Å². The lowest BCUT2D eigenvalue weighted by molar-refractivity contribution is 0.0985. The van der Waals surface area contributed by atoms with Crippen LogP contribution in [0, 0.1) is 6.92 Å². The van der Waals surface area contributed by atoms with Crippen molar-refractivity contribution in [2.24, 2.45) is 0 Å². The van der Waals surface area contributed by atoms with Gasteiger partial charge < -0.3 is 4.74 Å². The third-order valence-corrected chi connectivity index (χ3v) is 5.66. The van der Waals surface area contributed by atoms with E-state index < -0.39 is 0 Å². The van der Waals surface area contributed by atoms with Crippen molar-refractivity contribution >= 4 is 11.3 Å². The van der Waals surface area contributed by atoms with E-state index in [1.807, 2.05) is 11.3 Å². The first-order valence-electron chi connectivity index (χ1n) is 8.19.